The number of unbranched alkanes of at least 4 members (excludes halogenated alkanes) is 1. The summed E-state index contributed by atoms with van der Waals surface area (Å²) in [6.45, 7) is 4.06. The van der Waals surface area contributed by atoms with Gasteiger partial charge in [-0.05, 0) is 31.5 Å². The number of hydrogen-bond acceptors (Lipinski definition) is 3. The van der Waals surface area contributed by atoms with E-state index < -0.39 is 0 Å². The molecule has 0 aliphatic rings. The van der Waals surface area contributed by atoms with Crippen LogP contribution in [0.1, 0.15) is 30.7 Å². The maximum Gasteiger partial charge on any atom is 0.0561 e. The van der Waals surface area contributed by atoms with Crippen LogP contribution in [0.3, 0.4) is 0 Å². The fourth-order valence-electron chi connectivity index (χ4n) is 1.56. The Hall–Kier alpha value is -0.380. The molecule has 1 aromatic heterocycles. The molecule has 0 bridgehead atoms. The quantitative estimate of drug-likeness (QED) is 0.785. The Morgan fingerprint density at radius 1 is 1.57 bits per heavy atom. The molecular formula is C11H20N2S. The molecule has 80 valence electrons. The van der Waals surface area contributed by atoms with E-state index >= 15 is 0 Å². The third-order valence-electron chi connectivity index (χ3n) is 2.49. The summed E-state index contributed by atoms with van der Waals surface area (Å²) in [6.07, 6.45) is 2.49. The van der Waals surface area contributed by atoms with Crippen LogP contribution in [-0.2, 0) is 0 Å². The van der Waals surface area contributed by atoms with Gasteiger partial charge in [0.2, 0.25) is 0 Å². The lowest BCUT2D eigenvalue weighted by Crippen LogP contribution is -2.30. The molecule has 0 spiro atoms. The molecule has 0 fully saturated rings. The summed E-state index contributed by atoms with van der Waals surface area (Å²) >= 11 is 1.80. The molecule has 0 saturated heterocycles. The molecule has 0 saturated carbocycles. The van der Waals surface area contributed by atoms with Crippen molar-refractivity contribution in [3.8, 4) is 0 Å². The van der Waals surface area contributed by atoms with E-state index in [1.54, 1.807) is 11.3 Å². The third kappa shape index (κ3) is 3.08. The zero-order valence-electron chi connectivity index (χ0n) is 9.07. The first-order valence-corrected chi connectivity index (χ1v) is 6.11. The molecule has 2 N–H and O–H groups in total. The van der Waals surface area contributed by atoms with Gasteiger partial charge in [0.05, 0.1) is 6.04 Å². The highest BCUT2D eigenvalue weighted by atomic mass is 32.1. The van der Waals surface area contributed by atoms with Gasteiger partial charge in [-0.15, -0.1) is 11.3 Å². The minimum atomic E-state index is 0.404. The van der Waals surface area contributed by atoms with Crippen LogP contribution in [0.15, 0.2) is 17.5 Å². The smallest absolute Gasteiger partial charge is 0.0561 e. The molecule has 0 aliphatic carbocycles. The van der Waals surface area contributed by atoms with Gasteiger partial charge in [-0.2, -0.15) is 0 Å². The number of nitrogens with zero attached hydrogens (tertiary/aromatic N) is 1. The third-order valence-corrected chi connectivity index (χ3v) is 3.46. The summed E-state index contributed by atoms with van der Waals surface area (Å²) in [5, 5.41) is 2.12. The van der Waals surface area contributed by atoms with Gasteiger partial charge < -0.3 is 5.73 Å². The van der Waals surface area contributed by atoms with Crippen LogP contribution in [0.5, 0.6) is 0 Å². The van der Waals surface area contributed by atoms with Crippen LogP contribution in [0.25, 0.3) is 0 Å². The van der Waals surface area contributed by atoms with Crippen molar-refractivity contribution in [3.05, 3.63) is 22.4 Å². The van der Waals surface area contributed by atoms with E-state index in [0.717, 1.165) is 6.54 Å². The van der Waals surface area contributed by atoms with Crippen LogP contribution < -0.4 is 5.73 Å². The average molecular weight is 212 g/mol. The molecule has 1 atom stereocenters. The normalized spacial score (nSPS) is 13.4. The number of likely N-dealkylation sites (N-methyl/N-ethyl adjacent to an activating group) is 1. The molecule has 0 amide bonds. The highest BCUT2D eigenvalue weighted by molar-refractivity contribution is 7.10. The molecule has 1 aromatic rings. The molecule has 2 nitrogen and oxygen atoms in total. The summed E-state index contributed by atoms with van der Waals surface area (Å²) in [5.41, 5.74) is 5.80. The zero-order valence-corrected chi connectivity index (χ0v) is 9.89. The molecule has 0 aromatic carbocycles. The molecule has 0 aliphatic heterocycles. The van der Waals surface area contributed by atoms with E-state index in [1.165, 1.54) is 17.7 Å². The average Bonchev–Trinajstić information content (AvgIpc) is 2.69. The molecule has 14 heavy (non-hydrogen) atoms. The van der Waals surface area contributed by atoms with Crippen LogP contribution in [-0.4, -0.2) is 25.0 Å². The lowest BCUT2D eigenvalue weighted by Gasteiger charge is -2.25. The van der Waals surface area contributed by atoms with Crippen molar-refractivity contribution in [1.29, 1.82) is 0 Å². The van der Waals surface area contributed by atoms with Crippen LogP contribution >= 0.6 is 11.3 Å². The van der Waals surface area contributed by atoms with Crippen LogP contribution in [0, 0.1) is 0 Å². The van der Waals surface area contributed by atoms with Crippen molar-refractivity contribution >= 4 is 11.3 Å². The van der Waals surface area contributed by atoms with Crippen molar-refractivity contribution in [2.75, 3.05) is 20.1 Å². The van der Waals surface area contributed by atoms with Gasteiger partial charge in [-0.3, -0.25) is 4.90 Å². The summed E-state index contributed by atoms with van der Waals surface area (Å²) in [4.78, 5) is 3.74. The standard InChI is InChI=1S/C11H20N2S/c1-3-4-7-13(2)10(9-12)11-6-5-8-14-11/h5-6,8,10H,3-4,7,9,12H2,1-2H3. The van der Waals surface area contributed by atoms with Crippen LogP contribution in [0.2, 0.25) is 0 Å². The van der Waals surface area contributed by atoms with E-state index in [-0.39, 0.29) is 0 Å². The first-order chi connectivity index (χ1) is 6.79. The monoisotopic (exact) mass is 212 g/mol. The maximum absolute atomic E-state index is 5.80. The Morgan fingerprint density at radius 3 is 2.86 bits per heavy atom. The van der Waals surface area contributed by atoms with E-state index in [0.29, 0.717) is 12.6 Å². The van der Waals surface area contributed by atoms with Gasteiger partial charge in [0.15, 0.2) is 0 Å². The first-order valence-electron chi connectivity index (χ1n) is 5.23. The Bertz CT molecular complexity index is 233. The second-order valence-electron chi connectivity index (χ2n) is 3.60. The van der Waals surface area contributed by atoms with E-state index in [2.05, 4.69) is 36.4 Å². The lowest BCUT2D eigenvalue weighted by molar-refractivity contribution is 0.250. The van der Waals surface area contributed by atoms with Crippen molar-refractivity contribution in [3.63, 3.8) is 0 Å². The van der Waals surface area contributed by atoms with E-state index in [9.17, 15) is 0 Å². The number of rotatable bonds is 6. The summed E-state index contributed by atoms with van der Waals surface area (Å²) < 4.78 is 0. The molecule has 1 heterocycles. The van der Waals surface area contributed by atoms with Crippen molar-refractivity contribution in [2.24, 2.45) is 5.73 Å². The molecule has 0 radical (unpaired) electrons. The minimum Gasteiger partial charge on any atom is -0.329 e. The molecule has 1 rings (SSSR count). The summed E-state index contributed by atoms with van der Waals surface area (Å²) in [5.74, 6) is 0. The van der Waals surface area contributed by atoms with Gasteiger partial charge in [-0.25, -0.2) is 0 Å². The highest BCUT2D eigenvalue weighted by Gasteiger charge is 2.15. The fourth-order valence-corrected chi connectivity index (χ4v) is 2.46. The Kier molecular flexibility index (Phi) is 5.15. The topological polar surface area (TPSA) is 29.3 Å². The van der Waals surface area contributed by atoms with Crippen LogP contribution in [0.4, 0.5) is 0 Å². The molecule has 3 heteroatoms. The fraction of sp³-hybridized carbons (Fsp3) is 0.636. The summed E-state index contributed by atoms with van der Waals surface area (Å²) in [6, 6.07) is 4.67. The zero-order chi connectivity index (χ0) is 10.4. The molecule has 1 unspecified atom stereocenters. The Balaban J connectivity index is 2.53. The highest BCUT2D eigenvalue weighted by Crippen LogP contribution is 2.23. The first kappa shape index (κ1) is 11.7. The second kappa shape index (κ2) is 6.17. The Labute approximate surface area is 90.7 Å². The molecular weight excluding hydrogens is 192 g/mol. The SMILES string of the molecule is CCCCN(C)C(CN)c1cccs1. The van der Waals surface area contributed by atoms with Gasteiger partial charge in [0.1, 0.15) is 0 Å². The second-order valence-corrected chi connectivity index (χ2v) is 4.58. The summed E-state index contributed by atoms with van der Waals surface area (Å²) in [7, 11) is 2.16. The van der Waals surface area contributed by atoms with Gasteiger partial charge in [0.25, 0.3) is 0 Å². The largest absolute Gasteiger partial charge is 0.329 e. The Morgan fingerprint density at radius 2 is 2.36 bits per heavy atom. The van der Waals surface area contributed by atoms with Crippen molar-refractivity contribution in [2.45, 2.75) is 25.8 Å². The van der Waals surface area contributed by atoms with E-state index in [4.69, 9.17) is 5.73 Å². The maximum atomic E-state index is 5.80. The predicted molar refractivity (Wildman–Crippen MR) is 63.7 cm³/mol. The van der Waals surface area contributed by atoms with Gasteiger partial charge >= 0.3 is 0 Å². The number of nitrogens with two attached hydrogens (primary N) is 1. The lowest BCUT2D eigenvalue weighted by atomic mass is 10.2. The number of thiophene rings is 1. The minimum absolute atomic E-state index is 0.404. The van der Waals surface area contributed by atoms with Crippen molar-refractivity contribution < 1.29 is 0 Å². The van der Waals surface area contributed by atoms with Crippen molar-refractivity contribution in [1.82, 2.24) is 4.90 Å². The van der Waals surface area contributed by atoms with Gasteiger partial charge in [0, 0.05) is 11.4 Å². The predicted octanol–water partition coefficient (Wildman–Crippen LogP) is 2.48. The number of hydrogen-bond donors (Lipinski definition) is 1. The van der Waals surface area contributed by atoms with E-state index in [1.807, 2.05) is 0 Å². The van der Waals surface area contributed by atoms with Gasteiger partial charge in [-0.1, -0.05) is 19.4 Å².